The summed E-state index contributed by atoms with van der Waals surface area (Å²) in [6.45, 7) is 9.33. The molecule has 1 heterocycles. The molecular formula is C28H29Cl2GeHf. The summed E-state index contributed by atoms with van der Waals surface area (Å²) in [5, 5.41) is 1.36. The Morgan fingerprint density at radius 1 is 1.03 bits per heavy atom. The first kappa shape index (κ1) is 23.3. The molecule has 3 unspecified atom stereocenters. The molecule has 1 aromatic rings. The van der Waals surface area contributed by atoms with Gasteiger partial charge in [0.1, 0.15) is 0 Å². The number of allylic oxidation sites excluding steroid dienone is 12. The zero-order valence-electron chi connectivity index (χ0n) is 19.2. The Morgan fingerprint density at radius 3 is 2.31 bits per heavy atom. The third-order valence-electron chi connectivity index (χ3n) is 7.87. The van der Waals surface area contributed by atoms with Crippen molar-refractivity contribution in [1.82, 2.24) is 0 Å². The molecule has 1 aromatic carbocycles. The van der Waals surface area contributed by atoms with Crippen LogP contribution in [0.1, 0.15) is 45.6 Å². The normalized spacial score (nSPS) is 29.2. The second-order valence-corrected chi connectivity index (χ2v) is 31.2. The van der Waals surface area contributed by atoms with E-state index in [9.17, 15) is 0 Å². The van der Waals surface area contributed by atoms with Crippen LogP contribution in [0.2, 0.25) is 7.26 Å². The van der Waals surface area contributed by atoms with Gasteiger partial charge in [-0.1, -0.05) is 0 Å². The molecule has 4 aliphatic rings. The molecule has 3 aliphatic carbocycles. The summed E-state index contributed by atoms with van der Waals surface area (Å²) in [5.41, 5.74) is 11.7. The van der Waals surface area contributed by atoms with E-state index in [1.54, 1.807) is 0 Å². The fourth-order valence-corrected chi connectivity index (χ4v) is 37.8. The Bertz CT molecular complexity index is 1190. The van der Waals surface area contributed by atoms with Crippen molar-refractivity contribution in [2.75, 3.05) is 0 Å². The molecule has 0 radical (unpaired) electrons. The van der Waals surface area contributed by atoms with Crippen LogP contribution in [0.15, 0.2) is 99.7 Å². The van der Waals surface area contributed by atoms with E-state index in [2.05, 4.69) is 93.3 Å². The van der Waals surface area contributed by atoms with Crippen molar-refractivity contribution in [3.63, 3.8) is 0 Å². The standard InChI is InChI=1S/C28H29Ge.2ClH.Hf/c1-18-17-19(2)25(20(18)3)26-21(4)28(29-15-10-16-29)24-14-9-8-13-23(27(24)26)22-11-6-5-7-12-22;;;/h5-9,11-15,17,20,23H,10,16H2,1-4H3;2*1H;/q;;;+2/p-2. The third kappa shape index (κ3) is 3.36. The first-order chi connectivity index (χ1) is 15.4. The summed E-state index contributed by atoms with van der Waals surface area (Å²) >= 11 is -4.47. The van der Waals surface area contributed by atoms with Crippen LogP contribution in [0.25, 0.3) is 0 Å². The number of hydrogen-bond donors (Lipinski definition) is 0. The molecule has 4 heteroatoms. The van der Waals surface area contributed by atoms with Crippen molar-refractivity contribution in [2.24, 2.45) is 5.92 Å². The van der Waals surface area contributed by atoms with Gasteiger partial charge < -0.3 is 0 Å². The van der Waals surface area contributed by atoms with E-state index in [-0.39, 0.29) is 7.92 Å². The Morgan fingerprint density at radius 2 is 1.75 bits per heavy atom. The number of hydrogen-bond acceptors (Lipinski definition) is 0. The van der Waals surface area contributed by atoms with Crippen molar-refractivity contribution < 1.29 is 19.1 Å². The predicted molar refractivity (Wildman–Crippen MR) is 138 cm³/mol. The summed E-state index contributed by atoms with van der Waals surface area (Å²) < 4.78 is 0.00966. The van der Waals surface area contributed by atoms with Gasteiger partial charge in [0.2, 0.25) is 0 Å². The molecule has 0 saturated carbocycles. The zero-order chi connectivity index (χ0) is 22.6. The molecule has 0 bridgehead atoms. The van der Waals surface area contributed by atoms with Gasteiger partial charge in [-0.3, -0.25) is 0 Å². The second-order valence-electron chi connectivity index (χ2n) is 9.44. The monoisotopic (exact) mass is 689 g/mol. The van der Waals surface area contributed by atoms with E-state index in [1.165, 1.54) is 56.2 Å². The van der Waals surface area contributed by atoms with E-state index in [4.69, 9.17) is 17.2 Å². The van der Waals surface area contributed by atoms with Crippen LogP contribution in [0.3, 0.4) is 0 Å². The summed E-state index contributed by atoms with van der Waals surface area (Å²) in [7, 11) is 14.5. The summed E-state index contributed by atoms with van der Waals surface area (Å²) in [6, 6.07) is 11.0. The van der Waals surface area contributed by atoms with Crippen LogP contribution >= 0.6 is 17.2 Å². The molecule has 5 rings (SSSR count). The fourth-order valence-electron chi connectivity index (χ4n) is 6.11. The van der Waals surface area contributed by atoms with Crippen molar-refractivity contribution in [1.29, 1.82) is 0 Å². The number of benzene rings is 1. The summed E-state index contributed by atoms with van der Waals surface area (Å²) in [6.07, 6.45) is 12.9. The van der Waals surface area contributed by atoms with E-state index < -0.39 is 33.0 Å². The molecule has 0 N–H and O–H groups in total. The molecule has 0 nitrogen and oxygen atoms in total. The maximum atomic E-state index is 7.23. The molecular weight excluding hydrogens is 658 g/mol. The van der Waals surface area contributed by atoms with Gasteiger partial charge in [-0.2, -0.15) is 0 Å². The van der Waals surface area contributed by atoms with Gasteiger partial charge in [-0.05, 0) is 0 Å². The van der Waals surface area contributed by atoms with Gasteiger partial charge in [-0.25, -0.2) is 0 Å². The van der Waals surface area contributed by atoms with Crippen LogP contribution in [0, 0.1) is 5.92 Å². The molecule has 0 spiro atoms. The Hall–Kier alpha value is -0.477. The van der Waals surface area contributed by atoms with Crippen LogP contribution in [0.4, 0.5) is 0 Å². The molecule has 0 fully saturated rings. The molecule has 0 amide bonds. The Kier molecular flexibility index (Phi) is 6.51. The van der Waals surface area contributed by atoms with Crippen LogP contribution in [-0.2, 0) is 19.1 Å². The van der Waals surface area contributed by atoms with Crippen molar-refractivity contribution in [3.8, 4) is 0 Å². The predicted octanol–water partition coefficient (Wildman–Crippen LogP) is 8.34. The van der Waals surface area contributed by atoms with Gasteiger partial charge >= 0.3 is 213 Å². The van der Waals surface area contributed by atoms with Gasteiger partial charge in [0, 0.05) is 0 Å². The van der Waals surface area contributed by atoms with E-state index in [1.807, 2.05) is 0 Å². The van der Waals surface area contributed by atoms with Crippen molar-refractivity contribution in [3.05, 3.63) is 105 Å². The first-order valence-electron chi connectivity index (χ1n) is 11.5. The average molecular weight is 688 g/mol. The summed E-state index contributed by atoms with van der Waals surface area (Å²) in [4.78, 5) is 2.65. The SMILES string of the molecule is CC1=CC(C)=C(C2=C(C)[C]([Ge]3=[CH]C[CH2]3)([Hf]([Cl])[Cl])C3=C2C(c2ccccc2)C=CC=C3)C1C. The fraction of sp³-hybridized carbons (Fsp3) is 0.321. The summed E-state index contributed by atoms with van der Waals surface area (Å²) in [5.74, 6) is 0.673. The van der Waals surface area contributed by atoms with Crippen molar-refractivity contribution in [2.45, 2.75) is 47.3 Å². The quantitative estimate of drug-likeness (QED) is 0.280. The topological polar surface area (TPSA) is 0 Å². The molecule has 3 atom stereocenters. The number of rotatable bonds is 4. The van der Waals surface area contributed by atoms with Crippen LogP contribution in [0.5, 0.6) is 0 Å². The maximum absolute atomic E-state index is 7.23. The minimum atomic E-state index is -2.93. The Labute approximate surface area is 211 Å². The van der Waals surface area contributed by atoms with E-state index in [0.29, 0.717) is 5.92 Å². The first-order valence-corrected chi connectivity index (χ1v) is 26.0. The van der Waals surface area contributed by atoms with Gasteiger partial charge in [0.15, 0.2) is 0 Å². The van der Waals surface area contributed by atoms with Crippen LogP contribution < -0.4 is 0 Å². The molecule has 1 aliphatic heterocycles. The van der Waals surface area contributed by atoms with E-state index in [0.717, 1.165) is 0 Å². The molecule has 0 saturated heterocycles. The van der Waals surface area contributed by atoms with Gasteiger partial charge in [0.05, 0.1) is 0 Å². The van der Waals surface area contributed by atoms with Gasteiger partial charge in [-0.15, -0.1) is 0 Å². The van der Waals surface area contributed by atoms with Gasteiger partial charge in [0.25, 0.3) is 0 Å². The zero-order valence-corrected chi connectivity index (χ0v) is 26.4. The third-order valence-corrected chi connectivity index (χ3v) is 39.3. The van der Waals surface area contributed by atoms with E-state index >= 15 is 0 Å². The Balaban J connectivity index is 1.85. The molecule has 32 heavy (non-hydrogen) atoms. The minimum absolute atomic E-state index is 0.00966. The van der Waals surface area contributed by atoms with Crippen molar-refractivity contribution >= 4 is 35.9 Å². The van der Waals surface area contributed by atoms with Crippen LogP contribution in [-0.4, -0.2) is 18.8 Å². The molecule has 163 valence electrons. The molecule has 0 aromatic heterocycles. The second kappa shape index (κ2) is 8.95. The average Bonchev–Trinajstić information content (AvgIpc) is 3.01. The number of halogens is 2.